The fraction of sp³-hybridized carbons (Fsp3) is 0.182. The average molecular weight is 239 g/mol. The Morgan fingerprint density at radius 2 is 2.31 bits per heavy atom. The molecule has 0 radical (unpaired) electrons. The fourth-order valence-corrected chi connectivity index (χ4v) is 1.82. The zero-order valence-corrected chi connectivity index (χ0v) is 9.78. The Morgan fingerprint density at radius 3 is 2.81 bits per heavy atom. The normalized spacial score (nSPS) is 11.3. The third kappa shape index (κ3) is 2.28. The first-order valence-corrected chi connectivity index (χ1v) is 4.96. The van der Waals surface area contributed by atoms with E-state index in [1.54, 1.807) is 26.0 Å². The lowest BCUT2D eigenvalue weighted by atomic mass is 10.1. The third-order valence-corrected chi connectivity index (χ3v) is 2.53. The summed E-state index contributed by atoms with van der Waals surface area (Å²) in [6, 6.07) is 0. The van der Waals surface area contributed by atoms with E-state index in [-0.39, 0.29) is 10.7 Å². The number of aromatic nitrogens is 1. The monoisotopic (exact) mass is 238 g/mol. The lowest BCUT2D eigenvalue weighted by Gasteiger charge is -2.07. The second kappa shape index (κ2) is 4.90. The lowest BCUT2D eigenvalue weighted by Crippen LogP contribution is -1.97. The van der Waals surface area contributed by atoms with Crippen molar-refractivity contribution < 1.29 is 4.92 Å². The van der Waals surface area contributed by atoms with Crippen LogP contribution in [0.3, 0.4) is 0 Å². The molecule has 1 rings (SSSR count). The number of allylic oxidation sites excluding steroid dienone is 3. The number of hydrogen-bond donors (Lipinski definition) is 0. The summed E-state index contributed by atoms with van der Waals surface area (Å²) in [4.78, 5) is 14.1. The van der Waals surface area contributed by atoms with Crippen molar-refractivity contribution >= 4 is 22.9 Å². The highest BCUT2D eigenvalue weighted by molar-refractivity contribution is 6.34. The molecule has 1 aromatic heterocycles. The molecule has 0 bridgehead atoms. The van der Waals surface area contributed by atoms with E-state index in [4.69, 9.17) is 11.6 Å². The van der Waals surface area contributed by atoms with Crippen LogP contribution in [0.4, 0.5) is 5.69 Å². The van der Waals surface area contributed by atoms with E-state index in [0.29, 0.717) is 11.3 Å². The van der Waals surface area contributed by atoms with Gasteiger partial charge in [0, 0.05) is 11.3 Å². The van der Waals surface area contributed by atoms with Crippen LogP contribution >= 0.6 is 11.6 Å². The van der Waals surface area contributed by atoms with Crippen LogP contribution in [-0.2, 0) is 0 Å². The van der Waals surface area contributed by atoms with Gasteiger partial charge >= 0.3 is 5.69 Å². The molecular formula is C11H11ClN2O2. The zero-order valence-electron chi connectivity index (χ0n) is 9.03. The molecule has 0 unspecified atom stereocenters. The minimum Gasteiger partial charge on any atom is -0.258 e. The van der Waals surface area contributed by atoms with E-state index < -0.39 is 4.92 Å². The second-order valence-corrected chi connectivity index (χ2v) is 3.64. The Balaban J connectivity index is 3.49. The molecular weight excluding hydrogens is 228 g/mol. The SMILES string of the molecule is C=C/C=C(/C)c1c(C)ncc([N+](=O)[O-])c1Cl. The van der Waals surface area contributed by atoms with Crippen molar-refractivity contribution in [1.29, 1.82) is 0 Å². The Labute approximate surface area is 98.4 Å². The van der Waals surface area contributed by atoms with Gasteiger partial charge < -0.3 is 0 Å². The summed E-state index contributed by atoms with van der Waals surface area (Å²) in [6.07, 6.45) is 4.51. The summed E-state index contributed by atoms with van der Waals surface area (Å²) in [5.41, 5.74) is 1.87. The van der Waals surface area contributed by atoms with Gasteiger partial charge in [-0.2, -0.15) is 0 Å². The van der Waals surface area contributed by atoms with Crippen molar-refractivity contribution in [3.63, 3.8) is 0 Å². The zero-order chi connectivity index (χ0) is 12.3. The number of nitro groups is 1. The Bertz CT molecular complexity index is 481. The molecule has 84 valence electrons. The van der Waals surface area contributed by atoms with Gasteiger partial charge in [-0.1, -0.05) is 30.3 Å². The summed E-state index contributed by atoms with van der Waals surface area (Å²) in [5, 5.41) is 10.8. The van der Waals surface area contributed by atoms with Gasteiger partial charge in [0.2, 0.25) is 0 Å². The smallest absolute Gasteiger partial charge is 0.258 e. The van der Waals surface area contributed by atoms with Crippen LogP contribution < -0.4 is 0 Å². The first-order chi connectivity index (χ1) is 7.49. The number of rotatable bonds is 3. The van der Waals surface area contributed by atoms with Crippen LogP contribution in [0.5, 0.6) is 0 Å². The van der Waals surface area contributed by atoms with Crippen molar-refractivity contribution in [2.75, 3.05) is 0 Å². The summed E-state index contributed by atoms with van der Waals surface area (Å²) in [6.45, 7) is 7.13. The summed E-state index contributed by atoms with van der Waals surface area (Å²) >= 11 is 5.98. The van der Waals surface area contributed by atoms with E-state index in [1.807, 2.05) is 0 Å². The molecule has 0 aliphatic rings. The van der Waals surface area contributed by atoms with Gasteiger partial charge in [0.15, 0.2) is 0 Å². The maximum absolute atomic E-state index is 10.7. The van der Waals surface area contributed by atoms with Crippen LogP contribution in [0.25, 0.3) is 5.57 Å². The number of nitrogens with zero attached hydrogens (tertiary/aromatic N) is 2. The Kier molecular flexibility index (Phi) is 3.79. The topological polar surface area (TPSA) is 56.0 Å². The molecule has 0 fully saturated rings. The number of hydrogen-bond acceptors (Lipinski definition) is 3. The fourth-order valence-electron chi connectivity index (χ4n) is 1.41. The van der Waals surface area contributed by atoms with Crippen LogP contribution in [0, 0.1) is 17.0 Å². The van der Waals surface area contributed by atoms with E-state index in [9.17, 15) is 10.1 Å². The van der Waals surface area contributed by atoms with Crippen LogP contribution in [-0.4, -0.2) is 9.91 Å². The first-order valence-electron chi connectivity index (χ1n) is 4.58. The molecule has 0 amide bonds. The van der Waals surface area contributed by atoms with Gasteiger partial charge in [0.1, 0.15) is 11.2 Å². The molecule has 0 spiro atoms. The lowest BCUT2D eigenvalue weighted by molar-refractivity contribution is -0.385. The van der Waals surface area contributed by atoms with Crippen molar-refractivity contribution in [3.05, 3.63) is 51.3 Å². The molecule has 1 heterocycles. The minimum atomic E-state index is -0.542. The number of halogens is 1. The second-order valence-electron chi connectivity index (χ2n) is 3.26. The van der Waals surface area contributed by atoms with Gasteiger partial charge in [0.25, 0.3) is 0 Å². The van der Waals surface area contributed by atoms with E-state index in [0.717, 1.165) is 5.57 Å². The molecule has 0 aliphatic heterocycles. The molecule has 4 nitrogen and oxygen atoms in total. The predicted octanol–water partition coefficient (Wildman–Crippen LogP) is 3.54. The third-order valence-electron chi connectivity index (χ3n) is 2.15. The number of aryl methyl sites for hydroxylation is 1. The molecule has 0 atom stereocenters. The van der Waals surface area contributed by atoms with Gasteiger partial charge in [0.05, 0.1) is 4.92 Å². The summed E-state index contributed by atoms with van der Waals surface area (Å²) in [5.74, 6) is 0. The highest BCUT2D eigenvalue weighted by atomic mass is 35.5. The van der Waals surface area contributed by atoms with Crippen LogP contribution in [0.15, 0.2) is 24.9 Å². The minimum absolute atomic E-state index is 0.119. The highest BCUT2D eigenvalue weighted by Gasteiger charge is 2.19. The van der Waals surface area contributed by atoms with Crippen LogP contribution in [0.1, 0.15) is 18.2 Å². The van der Waals surface area contributed by atoms with Crippen molar-refractivity contribution in [2.24, 2.45) is 0 Å². The summed E-state index contributed by atoms with van der Waals surface area (Å²) in [7, 11) is 0. The first kappa shape index (κ1) is 12.4. The molecule has 0 saturated carbocycles. The molecule has 16 heavy (non-hydrogen) atoms. The van der Waals surface area contributed by atoms with Gasteiger partial charge in [-0.25, -0.2) is 0 Å². The predicted molar refractivity (Wildman–Crippen MR) is 64.5 cm³/mol. The van der Waals surface area contributed by atoms with Gasteiger partial charge in [-0.3, -0.25) is 15.1 Å². The maximum atomic E-state index is 10.7. The Morgan fingerprint density at radius 1 is 1.69 bits per heavy atom. The molecule has 0 aliphatic carbocycles. The standard InChI is InChI=1S/C11H11ClN2O2/c1-4-5-7(2)10-8(3)13-6-9(11(10)12)14(15)16/h4-6H,1H2,2-3H3/b7-5-. The van der Waals surface area contributed by atoms with Gasteiger partial charge in [-0.15, -0.1) is 0 Å². The van der Waals surface area contributed by atoms with Crippen molar-refractivity contribution in [3.8, 4) is 0 Å². The summed E-state index contributed by atoms with van der Waals surface area (Å²) < 4.78 is 0. The van der Waals surface area contributed by atoms with E-state index in [1.165, 1.54) is 6.20 Å². The maximum Gasteiger partial charge on any atom is 0.306 e. The average Bonchev–Trinajstić information content (AvgIpc) is 2.17. The van der Waals surface area contributed by atoms with Gasteiger partial charge in [-0.05, 0) is 19.4 Å². The van der Waals surface area contributed by atoms with E-state index in [2.05, 4.69) is 11.6 Å². The van der Waals surface area contributed by atoms with Crippen molar-refractivity contribution in [1.82, 2.24) is 4.98 Å². The largest absolute Gasteiger partial charge is 0.306 e. The van der Waals surface area contributed by atoms with Crippen LogP contribution in [0.2, 0.25) is 5.02 Å². The van der Waals surface area contributed by atoms with E-state index >= 15 is 0 Å². The molecule has 5 heteroatoms. The highest BCUT2D eigenvalue weighted by Crippen LogP contribution is 2.33. The number of pyridine rings is 1. The molecule has 1 aromatic rings. The Hall–Kier alpha value is -1.68. The quantitative estimate of drug-likeness (QED) is 0.460. The molecule has 0 N–H and O–H groups in total. The van der Waals surface area contributed by atoms with Crippen molar-refractivity contribution in [2.45, 2.75) is 13.8 Å². The molecule has 0 aromatic carbocycles. The molecule has 0 saturated heterocycles.